The van der Waals surface area contributed by atoms with Crippen molar-refractivity contribution in [2.24, 2.45) is 12.8 Å². The topological polar surface area (TPSA) is 66.0 Å². The monoisotopic (exact) mass is 206 g/mol. The van der Waals surface area contributed by atoms with E-state index in [0.717, 1.165) is 22.3 Å². The fraction of sp³-hybridized carbons (Fsp3) is 0.400. The molecule has 0 unspecified atom stereocenters. The van der Waals surface area contributed by atoms with Crippen molar-refractivity contribution in [1.29, 1.82) is 0 Å². The van der Waals surface area contributed by atoms with Gasteiger partial charge in [0.15, 0.2) is 5.65 Å². The highest BCUT2D eigenvalue weighted by atomic mass is 16.5. The van der Waals surface area contributed by atoms with Crippen molar-refractivity contribution in [1.82, 2.24) is 14.8 Å². The van der Waals surface area contributed by atoms with Gasteiger partial charge in [-0.1, -0.05) is 0 Å². The lowest BCUT2D eigenvalue weighted by Crippen LogP contribution is -1.97. The molecule has 0 aliphatic heterocycles. The van der Waals surface area contributed by atoms with Crippen LogP contribution in [0.15, 0.2) is 12.3 Å². The van der Waals surface area contributed by atoms with Crippen LogP contribution in [0, 0.1) is 0 Å². The van der Waals surface area contributed by atoms with E-state index in [1.807, 2.05) is 13.1 Å². The minimum atomic E-state index is 0.490. The molecular weight excluding hydrogens is 192 g/mol. The average molecular weight is 206 g/mol. The van der Waals surface area contributed by atoms with Crippen LogP contribution in [0.1, 0.15) is 11.3 Å². The van der Waals surface area contributed by atoms with E-state index < -0.39 is 0 Å². The molecule has 0 aromatic carbocycles. The second-order valence-electron chi connectivity index (χ2n) is 3.42. The first-order chi connectivity index (χ1) is 7.26. The molecule has 0 atom stereocenters. The number of pyridine rings is 1. The Kier molecular flexibility index (Phi) is 2.66. The fourth-order valence-corrected chi connectivity index (χ4v) is 1.61. The van der Waals surface area contributed by atoms with Crippen LogP contribution in [0.2, 0.25) is 0 Å². The summed E-state index contributed by atoms with van der Waals surface area (Å²) in [7, 11) is 3.53. The fourth-order valence-electron chi connectivity index (χ4n) is 1.61. The Hall–Kier alpha value is -1.46. The Morgan fingerprint density at radius 3 is 3.00 bits per heavy atom. The van der Waals surface area contributed by atoms with Gasteiger partial charge < -0.3 is 10.5 Å². The number of nitrogens with zero attached hydrogens (tertiary/aromatic N) is 3. The van der Waals surface area contributed by atoms with Crippen molar-refractivity contribution >= 4 is 11.0 Å². The Morgan fingerprint density at radius 2 is 2.33 bits per heavy atom. The lowest BCUT2D eigenvalue weighted by Gasteiger charge is -1.97. The quantitative estimate of drug-likeness (QED) is 0.797. The second-order valence-corrected chi connectivity index (χ2v) is 3.42. The summed E-state index contributed by atoms with van der Waals surface area (Å²) < 4.78 is 6.84. The average Bonchev–Trinajstić information content (AvgIpc) is 2.56. The van der Waals surface area contributed by atoms with E-state index in [1.165, 1.54) is 0 Å². The molecule has 2 N–H and O–H groups in total. The normalized spacial score (nSPS) is 11.1. The van der Waals surface area contributed by atoms with Gasteiger partial charge in [0.05, 0.1) is 12.3 Å². The van der Waals surface area contributed by atoms with E-state index in [-0.39, 0.29) is 0 Å². The first-order valence-electron chi connectivity index (χ1n) is 4.75. The van der Waals surface area contributed by atoms with Crippen LogP contribution < -0.4 is 5.73 Å². The number of ether oxygens (including phenoxy) is 1. The molecule has 0 amide bonds. The Balaban J connectivity index is 2.60. The van der Waals surface area contributed by atoms with E-state index in [9.17, 15) is 0 Å². The van der Waals surface area contributed by atoms with Gasteiger partial charge in [-0.2, -0.15) is 5.10 Å². The summed E-state index contributed by atoms with van der Waals surface area (Å²) in [5.41, 5.74) is 8.34. The zero-order valence-electron chi connectivity index (χ0n) is 8.90. The largest absolute Gasteiger partial charge is 0.378 e. The SMILES string of the molecule is COCc1nn(C)c2ncc(CN)cc12. The lowest BCUT2D eigenvalue weighted by atomic mass is 10.2. The molecule has 0 radical (unpaired) electrons. The van der Waals surface area contributed by atoms with Crippen LogP contribution in [0.3, 0.4) is 0 Å². The predicted octanol–water partition coefficient (Wildman–Crippen LogP) is 0.573. The Bertz CT molecular complexity index is 477. The molecule has 0 aliphatic rings. The van der Waals surface area contributed by atoms with Gasteiger partial charge in [0.25, 0.3) is 0 Å². The van der Waals surface area contributed by atoms with Gasteiger partial charge in [0.2, 0.25) is 0 Å². The van der Waals surface area contributed by atoms with E-state index in [1.54, 1.807) is 18.0 Å². The van der Waals surface area contributed by atoms with Crippen molar-refractivity contribution in [3.63, 3.8) is 0 Å². The second kappa shape index (κ2) is 3.96. The maximum Gasteiger partial charge on any atom is 0.157 e. The summed E-state index contributed by atoms with van der Waals surface area (Å²) in [5.74, 6) is 0. The number of rotatable bonds is 3. The van der Waals surface area contributed by atoms with Gasteiger partial charge in [0.1, 0.15) is 0 Å². The molecular formula is C10H14N4O. The van der Waals surface area contributed by atoms with Crippen LogP contribution in [-0.4, -0.2) is 21.9 Å². The molecule has 0 saturated heterocycles. The van der Waals surface area contributed by atoms with Crippen LogP contribution in [0.4, 0.5) is 0 Å². The third-order valence-corrected chi connectivity index (χ3v) is 2.33. The summed E-state index contributed by atoms with van der Waals surface area (Å²) in [6.07, 6.45) is 1.78. The summed E-state index contributed by atoms with van der Waals surface area (Å²) in [6, 6.07) is 2.02. The van der Waals surface area contributed by atoms with E-state index >= 15 is 0 Å². The maximum atomic E-state index is 5.57. The number of hydrogen-bond acceptors (Lipinski definition) is 4. The smallest absolute Gasteiger partial charge is 0.157 e. The minimum absolute atomic E-state index is 0.490. The van der Waals surface area contributed by atoms with Gasteiger partial charge in [-0.25, -0.2) is 4.98 Å². The molecule has 5 nitrogen and oxygen atoms in total. The third-order valence-electron chi connectivity index (χ3n) is 2.33. The van der Waals surface area contributed by atoms with Gasteiger partial charge in [-0.15, -0.1) is 0 Å². The number of aryl methyl sites for hydroxylation is 1. The lowest BCUT2D eigenvalue weighted by molar-refractivity contribution is 0.182. The molecule has 0 aliphatic carbocycles. The Morgan fingerprint density at radius 1 is 1.53 bits per heavy atom. The standard InChI is InChI=1S/C10H14N4O/c1-14-10-8(9(13-14)6-15-2)3-7(4-11)5-12-10/h3,5H,4,6,11H2,1-2H3. The molecule has 2 aromatic rings. The molecule has 0 saturated carbocycles. The van der Waals surface area contributed by atoms with Crippen molar-refractivity contribution in [2.45, 2.75) is 13.2 Å². The number of methoxy groups -OCH3 is 1. The van der Waals surface area contributed by atoms with Gasteiger partial charge in [-0.05, 0) is 11.6 Å². The van der Waals surface area contributed by atoms with Crippen molar-refractivity contribution < 1.29 is 4.74 Å². The number of nitrogens with two attached hydrogens (primary N) is 1. The molecule has 0 bridgehead atoms. The summed E-state index contributed by atoms with van der Waals surface area (Å²) in [5, 5.41) is 5.36. The molecule has 0 fully saturated rings. The summed E-state index contributed by atoms with van der Waals surface area (Å²) >= 11 is 0. The van der Waals surface area contributed by atoms with E-state index in [4.69, 9.17) is 10.5 Å². The van der Waals surface area contributed by atoms with Crippen LogP contribution in [0.25, 0.3) is 11.0 Å². The molecule has 2 aromatic heterocycles. The minimum Gasteiger partial charge on any atom is -0.378 e. The highest BCUT2D eigenvalue weighted by molar-refractivity contribution is 5.78. The predicted molar refractivity (Wildman–Crippen MR) is 57.1 cm³/mol. The van der Waals surface area contributed by atoms with Gasteiger partial charge in [-0.3, -0.25) is 4.68 Å². The van der Waals surface area contributed by atoms with Gasteiger partial charge in [0, 0.05) is 32.3 Å². The maximum absolute atomic E-state index is 5.57. The van der Waals surface area contributed by atoms with E-state index in [0.29, 0.717) is 13.2 Å². The highest BCUT2D eigenvalue weighted by Crippen LogP contribution is 2.17. The number of fused-ring (bicyclic) bond motifs is 1. The van der Waals surface area contributed by atoms with E-state index in [2.05, 4.69) is 10.1 Å². The summed E-state index contributed by atoms with van der Waals surface area (Å²) in [4.78, 5) is 4.32. The Labute approximate surface area is 87.9 Å². The third kappa shape index (κ3) is 1.71. The van der Waals surface area contributed by atoms with Crippen molar-refractivity contribution in [3.05, 3.63) is 23.5 Å². The van der Waals surface area contributed by atoms with Crippen molar-refractivity contribution in [3.8, 4) is 0 Å². The molecule has 80 valence electrons. The van der Waals surface area contributed by atoms with Gasteiger partial charge >= 0.3 is 0 Å². The molecule has 2 heterocycles. The zero-order chi connectivity index (χ0) is 10.8. The molecule has 0 spiro atoms. The number of hydrogen-bond donors (Lipinski definition) is 1. The highest BCUT2D eigenvalue weighted by Gasteiger charge is 2.09. The molecule has 5 heteroatoms. The molecule has 15 heavy (non-hydrogen) atoms. The van der Waals surface area contributed by atoms with Crippen LogP contribution >= 0.6 is 0 Å². The molecule has 2 rings (SSSR count). The van der Waals surface area contributed by atoms with Crippen LogP contribution in [-0.2, 0) is 24.9 Å². The first-order valence-corrected chi connectivity index (χ1v) is 4.75. The van der Waals surface area contributed by atoms with Crippen LogP contribution in [0.5, 0.6) is 0 Å². The number of aromatic nitrogens is 3. The summed E-state index contributed by atoms with van der Waals surface area (Å²) in [6.45, 7) is 0.983. The van der Waals surface area contributed by atoms with Crippen molar-refractivity contribution in [2.75, 3.05) is 7.11 Å². The first kappa shape index (κ1) is 10.1. The zero-order valence-corrected chi connectivity index (χ0v) is 8.90.